The van der Waals surface area contributed by atoms with Crippen LogP contribution in [0.3, 0.4) is 0 Å². The van der Waals surface area contributed by atoms with Gasteiger partial charge < -0.3 is 10.6 Å². The highest BCUT2D eigenvalue weighted by atomic mass is 32.2. The molecule has 0 saturated heterocycles. The number of aliphatic imine (C=N–C) groups is 1. The molecule has 1 fully saturated rings. The van der Waals surface area contributed by atoms with Crippen LogP contribution in [-0.4, -0.2) is 39.8 Å². The first kappa shape index (κ1) is 18.8. The first-order valence-electron chi connectivity index (χ1n) is 9.40. The molecule has 6 heteroatoms. The highest BCUT2D eigenvalue weighted by Crippen LogP contribution is 2.28. The van der Waals surface area contributed by atoms with Crippen LogP contribution in [0.15, 0.2) is 47.7 Å². The molecule has 0 aliphatic heterocycles. The van der Waals surface area contributed by atoms with E-state index in [0.717, 1.165) is 24.3 Å². The zero-order valence-electron chi connectivity index (χ0n) is 15.7. The largest absolute Gasteiger partial charge is 0.357 e. The van der Waals surface area contributed by atoms with Gasteiger partial charge in [-0.3, -0.25) is 4.68 Å². The van der Waals surface area contributed by atoms with Crippen LogP contribution < -0.4 is 10.6 Å². The first-order valence-corrected chi connectivity index (χ1v) is 10.7. The Hall–Kier alpha value is -1.95. The van der Waals surface area contributed by atoms with Gasteiger partial charge in [0.1, 0.15) is 0 Å². The second kappa shape index (κ2) is 9.67. The average molecular weight is 372 g/mol. The van der Waals surface area contributed by atoms with Gasteiger partial charge in [0.25, 0.3) is 0 Å². The summed E-state index contributed by atoms with van der Waals surface area (Å²) in [5, 5.41) is 12.1. The van der Waals surface area contributed by atoms with E-state index < -0.39 is 0 Å². The standard InChI is InChI=1S/C20H29N5S/c1-3-21-20(24-18-9-10-19(13-18)26-2)22-14-16-7-4-5-8-17(16)15-25-12-6-11-23-25/h4-8,11-12,18-19H,3,9-10,13-15H2,1-2H3,(H2,21,22,24). The number of aromatic nitrogens is 2. The quantitative estimate of drug-likeness (QED) is 0.579. The maximum absolute atomic E-state index is 4.85. The highest BCUT2D eigenvalue weighted by molar-refractivity contribution is 7.99. The average Bonchev–Trinajstić information content (AvgIpc) is 3.33. The number of hydrogen-bond acceptors (Lipinski definition) is 3. The first-order chi connectivity index (χ1) is 12.8. The summed E-state index contributed by atoms with van der Waals surface area (Å²) in [6.45, 7) is 4.44. The Morgan fingerprint density at radius 1 is 1.27 bits per heavy atom. The van der Waals surface area contributed by atoms with E-state index in [1.54, 1.807) is 0 Å². The Morgan fingerprint density at radius 3 is 2.81 bits per heavy atom. The summed E-state index contributed by atoms with van der Waals surface area (Å²) in [5.41, 5.74) is 2.51. The topological polar surface area (TPSA) is 54.2 Å². The van der Waals surface area contributed by atoms with Gasteiger partial charge >= 0.3 is 0 Å². The lowest BCUT2D eigenvalue weighted by Crippen LogP contribution is -2.42. The van der Waals surface area contributed by atoms with E-state index in [4.69, 9.17) is 4.99 Å². The third-order valence-corrected chi connectivity index (χ3v) is 5.92. The fraction of sp³-hybridized carbons (Fsp3) is 0.500. The van der Waals surface area contributed by atoms with Gasteiger partial charge in [-0.25, -0.2) is 4.99 Å². The Balaban J connectivity index is 1.65. The molecule has 1 aromatic heterocycles. The van der Waals surface area contributed by atoms with Gasteiger partial charge in [0.05, 0.1) is 13.1 Å². The molecule has 1 heterocycles. The second-order valence-electron chi connectivity index (χ2n) is 6.68. The Labute approximate surface area is 160 Å². The van der Waals surface area contributed by atoms with Crippen molar-refractivity contribution in [1.29, 1.82) is 0 Å². The Kier molecular flexibility index (Phi) is 7.00. The summed E-state index contributed by atoms with van der Waals surface area (Å²) >= 11 is 1.98. The van der Waals surface area contributed by atoms with Crippen molar-refractivity contribution in [2.45, 2.75) is 50.6 Å². The molecular weight excluding hydrogens is 342 g/mol. The van der Waals surface area contributed by atoms with E-state index in [1.807, 2.05) is 34.9 Å². The fourth-order valence-electron chi connectivity index (χ4n) is 3.40. The molecule has 1 aromatic carbocycles. The van der Waals surface area contributed by atoms with E-state index in [0.29, 0.717) is 12.6 Å². The van der Waals surface area contributed by atoms with E-state index in [-0.39, 0.29) is 0 Å². The number of nitrogens with zero attached hydrogens (tertiary/aromatic N) is 3. The minimum atomic E-state index is 0.532. The predicted octanol–water partition coefficient (Wildman–Crippen LogP) is 3.27. The third kappa shape index (κ3) is 5.27. The van der Waals surface area contributed by atoms with Crippen LogP contribution in [0, 0.1) is 0 Å². The van der Waals surface area contributed by atoms with Crippen LogP contribution in [-0.2, 0) is 13.1 Å². The van der Waals surface area contributed by atoms with E-state index >= 15 is 0 Å². The van der Waals surface area contributed by atoms with Crippen LogP contribution in [0.2, 0.25) is 0 Å². The molecule has 0 bridgehead atoms. The van der Waals surface area contributed by atoms with Crippen molar-refractivity contribution in [3.63, 3.8) is 0 Å². The van der Waals surface area contributed by atoms with Crippen molar-refractivity contribution in [3.05, 3.63) is 53.9 Å². The lowest BCUT2D eigenvalue weighted by Gasteiger charge is -2.17. The molecular formula is C20H29N5S. The number of nitrogens with one attached hydrogen (secondary N) is 2. The number of hydrogen-bond donors (Lipinski definition) is 2. The summed E-state index contributed by atoms with van der Waals surface area (Å²) in [6.07, 6.45) is 9.77. The van der Waals surface area contributed by atoms with Gasteiger partial charge in [-0.05, 0) is 49.6 Å². The molecule has 1 saturated carbocycles. The summed E-state index contributed by atoms with van der Waals surface area (Å²) in [6, 6.07) is 11.0. The molecule has 2 atom stereocenters. The van der Waals surface area contributed by atoms with Gasteiger partial charge in [-0.1, -0.05) is 24.3 Å². The van der Waals surface area contributed by atoms with Crippen LogP contribution in [0.5, 0.6) is 0 Å². The van der Waals surface area contributed by atoms with Crippen LogP contribution >= 0.6 is 11.8 Å². The minimum Gasteiger partial charge on any atom is -0.357 e. The summed E-state index contributed by atoms with van der Waals surface area (Å²) < 4.78 is 1.95. The highest BCUT2D eigenvalue weighted by Gasteiger charge is 2.24. The van der Waals surface area contributed by atoms with Crippen molar-refractivity contribution in [3.8, 4) is 0 Å². The molecule has 1 aliphatic rings. The number of rotatable bonds is 7. The zero-order chi connectivity index (χ0) is 18.2. The smallest absolute Gasteiger partial charge is 0.191 e. The molecule has 5 nitrogen and oxygen atoms in total. The number of thioether (sulfide) groups is 1. The van der Waals surface area contributed by atoms with Crippen molar-refractivity contribution < 1.29 is 0 Å². The van der Waals surface area contributed by atoms with Gasteiger partial charge in [-0.2, -0.15) is 16.9 Å². The Bertz CT molecular complexity index is 698. The molecule has 140 valence electrons. The molecule has 3 rings (SSSR count). The normalized spacial score (nSPS) is 20.3. The van der Waals surface area contributed by atoms with Crippen LogP contribution in [0.25, 0.3) is 0 Å². The Morgan fingerprint density at radius 2 is 2.12 bits per heavy atom. The third-order valence-electron chi connectivity index (χ3n) is 4.82. The van der Waals surface area contributed by atoms with Crippen molar-refractivity contribution in [2.75, 3.05) is 12.8 Å². The molecule has 0 radical (unpaired) electrons. The summed E-state index contributed by atoms with van der Waals surface area (Å²) in [7, 11) is 0. The SMILES string of the molecule is CCNC(=NCc1ccccc1Cn1cccn1)NC1CCC(SC)C1. The number of guanidine groups is 1. The lowest BCUT2D eigenvalue weighted by atomic mass is 10.1. The van der Waals surface area contributed by atoms with Gasteiger partial charge in [-0.15, -0.1) is 0 Å². The minimum absolute atomic E-state index is 0.532. The van der Waals surface area contributed by atoms with Gasteiger partial charge in [0.2, 0.25) is 0 Å². The molecule has 2 N–H and O–H groups in total. The zero-order valence-corrected chi connectivity index (χ0v) is 16.5. The maximum Gasteiger partial charge on any atom is 0.191 e. The summed E-state index contributed by atoms with van der Waals surface area (Å²) in [5.74, 6) is 0.924. The van der Waals surface area contributed by atoms with Crippen molar-refractivity contribution in [1.82, 2.24) is 20.4 Å². The van der Waals surface area contributed by atoms with Gasteiger partial charge in [0.15, 0.2) is 5.96 Å². The van der Waals surface area contributed by atoms with Crippen LogP contribution in [0.4, 0.5) is 0 Å². The van der Waals surface area contributed by atoms with Crippen LogP contribution in [0.1, 0.15) is 37.3 Å². The van der Waals surface area contributed by atoms with Gasteiger partial charge in [0, 0.05) is 30.2 Å². The molecule has 2 unspecified atom stereocenters. The lowest BCUT2D eigenvalue weighted by molar-refractivity contribution is 0.614. The van der Waals surface area contributed by atoms with Crippen molar-refractivity contribution in [2.24, 2.45) is 4.99 Å². The van der Waals surface area contributed by atoms with Crippen molar-refractivity contribution >= 4 is 17.7 Å². The maximum atomic E-state index is 4.85. The van der Waals surface area contributed by atoms with E-state index in [2.05, 4.69) is 53.2 Å². The molecule has 0 spiro atoms. The monoisotopic (exact) mass is 371 g/mol. The fourth-order valence-corrected chi connectivity index (χ4v) is 4.19. The molecule has 26 heavy (non-hydrogen) atoms. The van der Waals surface area contributed by atoms with E-state index in [9.17, 15) is 0 Å². The molecule has 2 aromatic rings. The summed E-state index contributed by atoms with van der Waals surface area (Å²) in [4.78, 5) is 4.85. The molecule has 1 aliphatic carbocycles. The van der Waals surface area contributed by atoms with E-state index in [1.165, 1.54) is 30.4 Å². The number of benzene rings is 1. The predicted molar refractivity (Wildman–Crippen MR) is 111 cm³/mol. The second-order valence-corrected chi connectivity index (χ2v) is 7.82. The molecule has 0 amide bonds.